The zero-order valence-corrected chi connectivity index (χ0v) is 14.7. The number of Topliss-reactive ketones (excluding diaryl/α,β-unsaturated/α-hetero) is 1. The molecule has 1 heterocycles. The molecule has 0 aliphatic heterocycles. The fourth-order valence-corrected chi connectivity index (χ4v) is 4.12. The van der Waals surface area contributed by atoms with Gasteiger partial charge in [-0.3, -0.25) is 14.2 Å². The predicted octanol–water partition coefficient (Wildman–Crippen LogP) is 2.82. The van der Waals surface area contributed by atoms with E-state index in [2.05, 4.69) is 0 Å². The number of carboxylic acids is 1. The molecule has 2 rings (SSSR count). The highest BCUT2D eigenvalue weighted by Gasteiger charge is 2.28. The molecule has 0 bridgehead atoms. The van der Waals surface area contributed by atoms with Crippen LogP contribution >= 0.6 is 7.60 Å². The molecule has 0 radical (unpaired) electrons. The monoisotopic (exact) mass is 353 g/mol. The summed E-state index contributed by atoms with van der Waals surface area (Å²) in [5, 5.41) is 10.00. The molecule has 8 heteroatoms. The number of hydrogen-bond acceptors (Lipinski definition) is 5. The lowest BCUT2D eigenvalue weighted by atomic mass is 10.1. The van der Waals surface area contributed by atoms with Gasteiger partial charge in [-0.2, -0.15) is 0 Å². The Hall–Kier alpha value is -1.95. The second-order valence-corrected chi connectivity index (χ2v) is 7.18. The van der Waals surface area contributed by atoms with Crippen molar-refractivity contribution >= 4 is 35.6 Å². The van der Waals surface area contributed by atoms with Gasteiger partial charge in [0.2, 0.25) is 0 Å². The highest BCUT2D eigenvalue weighted by Crippen LogP contribution is 2.47. The third kappa shape index (κ3) is 3.59. The lowest BCUT2D eigenvalue weighted by molar-refractivity contribution is -0.137. The molecule has 2 aromatic rings. The highest BCUT2D eigenvalue weighted by atomic mass is 31.2. The fraction of sp³-hybridized carbons (Fsp3) is 0.375. The number of ketones is 1. The Morgan fingerprint density at radius 2 is 1.83 bits per heavy atom. The minimum Gasteiger partial charge on any atom is -0.480 e. The van der Waals surface area contributed by atoms with E-state index < -0.39 is 13.6 Å². The Morgan fingerprint density at radius 1 is 1.21 bits per heavy atom. The number of aromatic nitrogens is 1. The normalized spacial score (nSPS) is 11.8. The van der Waals surface area contributed by atoms with Crippen molar-refractivity contribution in [2.45, 2.75) is 27.3 Å². The van der Waals surface area contributed by atoms with Crippen LogP contribution in [-0.2, 0) is 25.0 Å². The van der Waals surface area contributed by atoms with Gasteiger partial charge in [0.15, 0.2) is 5.78 Å². The lowest BCUT2D eigenvalue weighted by Gasteiger charge is -2.17. The van der Waals surface area contributed by atoms with E-state index in [4.69, 9.17) is 14.2 Å². The summed E-state index contributed by atoms with van der Waals surface area (Å²) in [4.78, 5) is 22.8. The van der Waals surface area contributed by atoms with Crippen molar-refractivity contribution in [1.29, 1.82) is 0 Å². The van der Waals surface area contributed by atoms with E-state index >= 15 is 0 Å². The van der Waals surface area contributed by atoms with Crippen molar-refractivity contribution in [3.05, 3.63) is 30.0 Å². The Morgan fingerprint density at radius 3 is 2.33 bits per heavy atom. The van der Waals surface area contributed by atoms with Gasteiger partial charge in [0.05, 0.1) is 24.0 Å². The van der Waals surface area contributed by atoms with Gasteiger partial charge in [-0.25, -0.2) is 0 Å². The molecule has 1 aromatic carbocycles. The average molecular weight is 353 g/mol. The van der Waals surface area contributed by atoms with Crippen LogP contribution in [0.25, 0.3) is 10.9 Å². The van der Waals surface area contributed by atoms with E-state index in [1.54, 1.807) is 32.0 Å². The van der Waals surface area contributed by atoms with Crippen molar-refractivity contribution in [3.8, 4) is 0 Å². The highest BCUT2D eigenvalue weighted by molar-refractivity contribution is 7.62. The topological polar surface area (TPSA) is 94.8 Å². The molecule has 0 saturated carbocycles. The van der Waals surface area contributed by atoms with E-state index in [9.17, 15) is 14.2 Å². The van der Waals surface area contributed by atoms with Gasteiger partial charge in [0, 0.05) is 17.1 Å². The first-order valence-electron chi connectivity index (χ1n) is 7.57. The van der Waals surface area contributed by atoms with Crippen LogP contribution in [-0.4, -0.2) is 34.6 Å². The molecule has 7 nitrogen and oxygen atoms in total. The maximum atomic E-state index is 12.9. The Kier molecular flexibility index (Phi) is 5.59. The number of fused-ring (bicyclic) bond motifs is 1. The van der Waals surface area contributed by atoms with Crippen molar-refractivity contribution in [2.75, 3.05) is 13.2 Å². The number of carboxylic acid groups (broad SMARTS) is 1. The standard InChI is InChI=1S/C16H20NO6P/c1-4-22-24(21,23-5-2)12-6-7-13-14(11(3)18)9-17(10-16(19)20)15(13)8-12/h6-9H,4-5,10H2,1-3H3,(H,19,20). The van der Waals surface area contributed by atoms with E-state index in [0.717, 1.165) is 0 Å². The third-order valence-corrected chi connectivity index (χ3v) is 5.57. The van der Waals surface area contributed by atoms with Gasteiger partial charge >= 0.3 is 13.6 Å². The van der Waals surface area contributed by atoms with Crippen molar-refractivity contribution in [1.82, 2.24) is 4.57 Å². The maximum absolute atomic E-state index is 12.9. The number of aliphatic carboxylic acids is 1. The van der Waals surface area contributed by atoms with Crippen molar-refractivity contribution < 1.29 is 28.3 Å². The Labute approximate surface area is 139 Å². The van der Waals surface area contributed by atoms with E-state index in [1.807, 2.05) is 0 Å². The summed E-state index contributed by atoms with van der Waals surface area (Å²) in [7, 11) is -3.49. The summed E-state index contributed by atoms with van der Waals surface area (Å²) < 4.78 is 25.0. The molecule has 0 saturated heterocycles. The van der Waals surface area contributed by atoms with Crippen molar-refractivity contribution in [3.63, 3.8) is 0 Å². The predicted molar refractivity (Wildman–Crippen MR) is 90.1 cm³/mol. The first kappa shape index (κ1) is 18.4. The number of hydrogen-bond donors (Lipinski definition) is 1. The van der Waals surface area contributed by atoms with Crippen LogP contribution in [0.2, 0.25) is 0 Å². The van der Waals surface area contributed by atoms with Gasteiger partial charge in [0.1, 0.15) is 6.54 Å². The zero-order chi connectivity index (χ0) is 17.9. The van der Waals surface area contributed by atoms with Gasteiger partial charge < -0.3 is 18.7 Å². The van der Waals surface area contributed by atoms with Crippen LogP contribution in [0.15, 0.2) is 24.4 Å². The molecule has 1 aromatic heterocycles. The number of carbonyl (C=O) groups excluding carboxylic acids is 1. The molecule has 0 aliphatic carbocycles. The van der Waals surface area contributed by atoms with Gasteiger partial charge in [-0.1, -0.05) is 6.07 Å². The number of carbonyl (C=O) groups is 2. The molecule has 0 amide bonds. The largest absolute Gasteiger partial charge is 0.480 e. The third-order valence-electron chi connectivity index (χ3n) is 3.47. The summed E-state index contributed by atoms with van der Waals surface area (Å²) in [5.41, 5.74) is 0.917. The van der Waals surface area contributed by atoms with Gasteiger partial charge in [-0.15, -0.1) is 0 Å². The first-order valence-corrected chi connectivity index (χ1v) is 9.12. The summed E-state index contributed by atoms with van der Waals surface area (Å²) in [5.74, 6) is -1.21. The molecule has 24 heavy (non-hydrogen) atoms. The van der Waals surface area contributed by atoms with Gasteiger partial charge in [0.25, 0.3) is 0 Å². The first-order chi connectivity index (χ1) is 11.3. The van der Waals surface area contributed by atoms with E-state index in [1.165, 1.54) is 17.7 Å². The molecule has 0 aliphatic rings. The van der Waals surface area contributed by atoms with Crippen LogP contribution in [0.4, 0.5) is 0 Å². The maximum Gasteiger partial charge on any atom is 0.361 e. The zero-order valence-electron chi connectivity index (χ0n) is 13.8. The van der Waals surface area contributed by atoms with Crippen LogP contribution in [0, 0.1) is 0 Å². The average Bonchev–Trinajstić information content (AvgIpc) is 2.85. The minimum absolute atomic E-state index is 0.172. The smallest absolute Gasteiger partial charge is 0.361 e. The molecule has 1 N–H and O–H groups in total. The SMILES string of the molecule is CCOP(=O)(OCC)c1ccc2c(C(C)=O)cn(CC(=O)O)c2c1. The second kappa shape index (κ2) is 7.30. The minimum atomic E-state index is -3.49. The van der Waals surface area contributed by atoms with Crippen LogP contribution in [0.5, 0.6) is 0 Å². The molecule has 0 fully saturated rings. The van der Waals surface area contributed by atoms with E-state index in [0.29, 0.717) is 21.8 Å². The molecule has 0 spiro atoms. The number of nitrogens with zero attached hydrogens (tertiary/aromatic N) is 1. The molecule has 0 unspecified atom stereocenters. The number of rotatable bonds is 8. The fourth-order valence-electron chi connectivity index (χ4n) is 2.53. The lowest BCUT2D eigenvalue weighted by Crippen LogP contribution is -2.12. The molecule has 0 atom stereocenters. The quantitative estimate of drug-likeness (QED) is 0.579. The Balaban J connectivity index is 2.65. The van der Waals surface area contributed by atoms with E-state index in [-0.39, 0.29) is 25.5 Å². The second-order valence-electron chi connectivity index (χ2n) is 5.16. The van der Waals surface area contributed by atoms with Crippen molar-refractivity contribution in [2.24, 2.45) is 0 Å². The van der Waals surface area contributed by atoms with Gasteiger partial charge in [-0.05, 0) is 32.9 Å². The van der Waals surface area contributed by atoms with Crippen LogP contribution < -0.4 is 5.30 Å². The summed E-state index contributed by atoms with van der Waals surface area (Å²) in [6.45, 7) is 4.96. The van der Waals surface area contributed by atoms with Crippen LogP contribution in [0.3, 0.4) is 0 Å². The summed E-state index contributed by atoms with van der Waals surface area (Å²) in [6, 6.07) is 4.80. The van der Waals surface area contributed by atoms with Crippen LogP contribution in [0.1, 0.15) is 31.1 Å². The summed E-state index contributed by atoms with van der Waals surface area (Å²) >= 11 is 0. The molecule has 130 valence electrons. The number of benzene rings is 1. The summed E-state index contributed by atoms with van der Waals surface area (Å²) in [6.07, 6.45) is 1.50. The molecular weight excluding hydrogens is 333 g/mol. The molecular formula is C16H20NO6P. The Bertz CT molecular complexity index is 815.